The molecule has 5 heteroatoms. The molecular weight excluding hydrogens is 343 g/mol. The number of amides is 1. The maximum atomic E-state index is 11.9. The lowest BCUT2D eigenvalue weighted by atomic mass is 10.1. The zero-order valence-electron chi connectivity index (χ0n) is 10.1. The Morgan fingerprint density at radius 1 is 1.22 bits per heavy atom. The Labute approximate surface area is 120 Å². The van der Waals surface area contributed by atoms with Crippen molar-refractivity contribution in [3.05, 3.63) is 35.9 Å². The minimum Gasteiger partial charge on any atom is -0.341 e. The molecule has 0 aromatic heterocycles. The Balaban J connectivity index is 2.55. The summed E-state index contributed by atoms with van der Waals surface area (Å²) in [5.74, 6) is -0.210. The third kappa shape index (κ3) is 5.14. The largest absolute Gasteiger partial charge is 0.341 e. The van der Waals surface area contributed by atoms with Crippen LogP contribution in [-0.4, -0.2) is 22.3 Å². The second-order valence-corrected chi connectivity index (χ2v) is 5.04. The summed E-state index contributed by atoms with van der Waals surface area (Å²) in [6.07, 6.45) is 2.34. The van der Waals surface area contributed by atoms with Crippen molar-refractivity contribution in [2.24, 2.45) is 5.73 Å². The number of nitrogens with two attached hydrogens (primary N) is 1. The van der Waals surface area contributed by atoms with Crippen molar-refractivity contribution in [1.29, 1.82) is 0 Å². The molecule has 1 atom stereocenters. The minimum absolute atomic E-state index is 0.0473. The van der Waals surface area contributed by atoms with Gasteiger partial charge in [-0.25, -0.2) is 0 Å². The maximum absolute atomic E-state index is 11.9. The van der Waals surface area contributed by atoms with Crippen LogP contribution in [0.5, 0.6) is 0 Å². The van der Waals surface area contributed by atoms with Crippen LogP contribution in [0.15, 0.2) is 30.3 Å². The zero-order chi connectivity index (χ0) is 13.4. The Kier molecular flexibility index (Phi) is 6.89. The van der Waals surface area contributed by atoms with E-state index in [1.54, 1.807) is 46.9 Å². The highest BCUT2D eigenvalue weighted by molar-refractivity contribution is 14.1. The number of rotatable bonds is 7. The van der Waals surface area contributed by atoms with Crippen LogP contribution in [0.2, 0.25) is 0 Å². The summed E-state index contributed by atoms with van der Waals surface area (Å²) >= 11 is 1.72. The molecule has 0 spiro atoms. The summed E-state index contributed by atoms with van der Waals surface area (Å²) in [5.41, 5.74) is 5.98. The lowest BCUT2D eigenvalue weighted by molar-refractivity contribution is -0.111. The molecule has 4 nitrogen and oxygen atoms in total. The van der Waals surface area contributed by atoms with E-state index < -0.39 is 6.04 Å². The highest BCUT2D eigenvalue weighted by atomic mass is 127. The summed E-state index contributed by atoms with van der Waals surface area (Å²) in [4.78, 5) is 23.3. The SMILES string of the molecule is NCCCC[C@H](NC(=O)c1ccccc1)C(=O)I. The normalized spacial score (nSPS) is 11.9. The van der Waals surface area contributed by atoms with Gasteiger partial charge in [-0.05, 0) is 37.9 Å². The van der Waals surface area contributed by atoms with Crippen molar-refractivity contribution in [2.75, 3.05) is 6.54 Å². The molecule has 98 valence electrons. The first-order valence-electron chi connectivity index (χ1n) is 5.90. The average Bonchev–Trinajstić information content (AvgIpc) is 2.38. The fourth-order valence-corrected chi connectivity index (χ4v) is 2.03. The van der Waals surface area contributed by atoms with Crippen LogP contribution in [-0.2, 0) is 4.79 Å². The van der Waals surface area contributed by atoms with Gasteiger partial charge in [0.05, 0.1) is 6.04 Å². The molecule has 1 rings (SSSR count). The molecular formula is C13H17IN2O2. The van der Waals surface area contributed by atoms with Crippen LogP contribution < -0.4 is 11.1 Å². The lowest BCUT2D eigenvalue weighted by Crippen LogP contribution is -2.38. The number of unbranched alkanes of at least 4 members (excludes halogenated alkanes) is 1. The predicted molar refractivity (Wildman–Crippen MR) is 79.6 cm³/mol. The topological polar surface area (TPSA) is 72.2 Å². The third-order valence-corrected chi connectivity index (χ3v) is 3.31. The van der Waals surface area contributed by atoms with E-state index in [9.17, 15) is 9.59 Å². The monoisotopic (exact) mass is 360 g/mol. The summed E-state index contributed by atoms with van der Waals surface area (Å²) in [5, 5.41) is 2.75. The molecule has 0 radical (unpaired) electrons. The number of benzene rings is 1. The van der Waals surface area contributed by atoms with Gasteiger partial charge in [-0.2, -0.15) is 0 Å². The third-order valence-electron chi connectivity index (χ3n) is 2.56. The smallest absolute Gasteiger partial charge is 0.251 e. The fraction of sp³-hybridized carbons (Fsp3) is 0.385. The van der Waals surface area contributed by atoms with Crippen LogP contribution in [0.1, 0.15) is 29.6 Å². The maximum Gasteiger partial charge on any atom is 0.251 e. The van der Waals surface area contributed by atoms with Crippen molar-refractivity contribution in [2.45, 2.75) is 25.3 Å². The van der Waals surface area contributed by atoms with Crippen molar-refractivity contribution >= 4 is 32.3 Å². The van der Waals surface area contributed by atoms with Gasteiger partial charge in [0.2, 0.25) is 3.79 Å². The summed E-state index contributed by atoms with van der Waals surface area (Å²) in [6.45, 7) is 0.606. The molecule has 0 fully saturated rings. The average molecular weight is 360 g/mol. The van der Waals surface area contributed by atoms with Gasteiger partial charge < -0.3 is 11.1 Å². The molecule has 0 heterocycles. The van der Waals surface area contributed by atoms with Crippen LogP contribution in [0.3, 0.4) is 0 Å². The van der Waals surface area contributed by atoms with Gasteiger partial charge in [-0.3, -0.25) is 9.59 Å². The molecule has 1 aromatic rings. The molecule has 3 N–H and O–H groups in total. The van der Waals surface area contributed by atoms with Crippen molar-refractivity contribution in [1.82, 2.24) is 5.32 Å². The van der Waals surface area contributed by atoms with Crippen molar-refractivity contribution in [3.63, 3.8) is 0 Å². The Morgan fingerprint density at radius 3 is 2.44 bits per heavy atom. The molecule has 0 aliphatic rings. The Morgan fingerprint density at radius 2 is 1.89 bits per heavy atom. The molecule has 0 saturated heterocycles. The number of halogens is 1. The molecule has 18 heavy (non-hydrogen) atoms. The van der Waals surface area contributed by atoms with Gasteiger partial charge in [0, 0.05) is 28.2 Å². The van der Waals surface area contributed by atoms with Gasteiger partial charge in [0.25, 0.3) is 5.91 Å². The standard InChI is InChI=1S/C13H17IN2O2/c14-12(17)11(8-4-5-9-15)16-13(18)10-6-2-1-3-7-10/h1-3,6-7,11H,4-5,8-9,15H2,(H,16,18)/t11-/m0/s1. The van der Waals surface area contributed by atoms with Crippen molar-refractivity contribution < 1.29 is 9.59 Å². The van der Waals surface area contributed by atoms with Crippen molar-refractivity contribution in [3.8, 4) is 0 Å². The number of carbonyl (C=O) groups is 2. The van der Waals surface area contributed by atoms with Gasteiger partial charge in [0.15, 0.2) is 0 Å². The Hall–Kier alpha value is -0.950. The van der Waals surface area contributed by atoms with E-state index in [1.165, 1.54) is 0 Å². The van der Waals surface area contributed by atoms with E-state index in [4.69, 9.17) is 5.73 Å². The van der Waals surface area contributed by atoms with E-state index in [0.29, 0.717) is 18.5 Å². The summed E-state index contributed by atoms with van der Waals surface area (Å²) in [7, 11) is 0. The molecule has 0 saturated carbocycles. The van der Waals surface area contributed by atoms with E-state index in [0.717, 1.165) is 12.8 Å². The van der Waals surface area contributed by atoms with E-state index >= 15 is 0 Å². The number of nitrogens with one attached hydrogen (secondary N) is 1. The van der Waals surface area contributed by atoms with E-state index in [-0.39, 0.29) is 9.70 Å². The summed E-state index contributed by atoms with van der Waals surface area (Å²) in [6, 6.07) is 8.46. The van der Waals surface area contributed by atoms with E-state index in [2.05, 4.69) is 5.32 Å². The summed E-state index contributed by atoms with van der Waals surface area (Å²) < 4.78 is -0.0473. The first-order valence-corrected chi connectivity index (χ1v) is 6.98. The Bertz CT molecular complexity index is 395. The first-order chi connectivity index (χ1) is 8.65. The zero-order valence-corrected chi connectivity index (χ0v) is 12.2. The van der Waals surface area contributed by atoms with Crippen LogP contribution >= 0.6 is 22.6 Å². The predicted octanol–water partition coefficient (Wildman–Crippen LogP) is 1.88. The fourth-order valence-electron chi connectivity index (χ4n) is 1.57. The molecule has 0 bridgehead atoms. The van der Waals surface area contributed by atoms with Crippen LogP contribution in [0.25, 0.3) is 0 Å². The van der Waals surface area contributed by atoms with Gasteiger partial charge in [0.1, 0.15) is 0 Å². The number of hydrogen-bond acceptors (Lipinski definition) is 3. The number of carbonyl (C=O) groups excluding carboxylic acids is 2. The quantitative estimate of drug-likeness (QED) is 0.443. The molecule has 1 aromatic carbocycles. The minimum atomic E-state index is -0.426. The first kappa shape index (κ1) is 15.1. The molecule has 0 aliphatic heterocycles. The number of hydrogen-bond donors (Lipinski definition) is 2. The van der Waals surface area contributed by atoms with Gasteiger partial charge in [-0.15, -0.1) is 0 Å². The molecule has 0 aliphatic carbocycles. The second kappa shape index (κ2) is 8.20. The highest BCUT2D eigenvalue weighted by Crippen LogP contribution is 2.07. The van der Waals surface area contributed by atoms with E-state index in [1.807, 2.05) is 6.07 Å². The van der Waals surface area contributed by atoms with Crippen LogP contribution in [0, 0.1) is 0 Å². The second-order valence-electron chi connectivity index (χ2n) is 3.98. The molecule has 1 amide bonds. The molecule has 0 unspecified atom stereocenters. The van der Waals surface area contributed by atoms with Gasteiger partial charge >= 0.3 is 0 Å². The van der Waals surface area contributed by atoms with Crippen LogP contribution in [0.4, 0.5) is 0 Å². The highest BCUT2D eigenvalue weighted by Gasteiger charge is 2.18. The lowest BCUT2D eigenvalue weighted by Gasteiger charge is -2.14. The van der Waals surface area contributed by atoms with Gasteiger partial charge in [-0.1, -0.05) is 18.2 Å².